The SMILES string of the molecule is CCCC(=O)OCCN(CCOC(=O)CCC)CCC(=O)OCC(=O)OC. The number of hydrogen-bond acceptors (Lipinski definition) is 9. The summed E-state index contributed by atoms with van der Waals surface area (Å²) in [5, 5.41) is 0. The number of ether oxygens (including phenoxy) is 4. The first-order chi connectivity index (χ1) is 12.9. The van der Waals surface area contributed by atoms with E-state index in [2.05, 4.69) is 4.74 Å². The van der Waals surface area contributed by atoms with Crippen LogP contribution in [0, 0.1) is 0 Å². The van der Waals surface area contributed by atoms with E-state index in [1.165, 1.54) is 7.11 Å². The molecule has 0 amide bonds. The van der Waals surface area contributed by atoms with Gasteiger partial charge in [-0.15, -0.1) is 0 Å². The van der Waals surface area contributed by atoms with Crippen LogP contribution >= 0.6 is 0 Å². The van der Waals surface area contributed by atoms with E-state index in [-0.39, 0.29) is 31.6 Å². The van der Waals surface area contributed by atoms with Crippen molar-refractivity contribution >= 4 is 23.9 Å². The summed E-state index contributed by atoms with van der Waals surface area (Å²) in [7, 11) is 1.21. The number of methoxy groups -OCH3 is 1. The molecular formula is C18H31NO8. The number of nitrogens with zero attached hydrogens (tertiary/aromatic N) is 1. The van der Waals surface area contributed by atoms with Gasteiger partial charge in [-0.05, 0) is 12.8 Å². The molecule has 27 heavy (non-hydrogen) atoms. The summed E-state index contributed by atoms with van der Waals surface area (Å²) in [5.74, 6) is -1.73. The molecular weight excluding hydrogens is 358 g/mol. The molecule has 0 saturated heterocycles. The molecule has 0 aliphatic rings. The molecule has 0 aromatic heterocycles. The maximum absolute atomic E-state index is 11.7. The summed E-state index contributed by atoms with van der Waals surface area (Å²) >= 11 is 0. The molecule has 0 fully saturated rings. The minimum Gasteiger partial charge on any atom is -0.466 e. The Morgan fingerprint density at radius 3 is 1.59 bits per heavy atom. The Hall–Kier alpha value is -2.16. The summed E-state index contributed by atoms with van der Waals surface area (Å²) in [5.41, 5.74) is 0. The van der Waals surface area contributed by atoms with Gasteiger partial charge in [-0.1, -0.05) is 13.8 Å². The molecule has 0 radical (unpaired) electrons. The van der Waals surface area contributed by atoms with Crippen LogP contribution in [0.2, 0.25) is 0 Å². The highest BCUT2D eigenvalue weighted by molar-refractivity contribution is 5.76. The summed E-state index contributed by atoms with van der Waals surface area (Å²) in [6.45, 7) is 4.81. The van der Waals surface area contributed by atoms with Crippen LogP contribution in [-0.4, -0.2) is 75.3 Å². The van der Waals surface area contributed by atoms with Gasteiger partial charge >= 0.3 is 23.9 Å². The van der Waals surface area contributed by atoms with Gasteiger partial charge in [0.05, 0.1) is 13.5 Å². The average molecular weight is 389 g/mol. The zero-order valence-electron chi connectivity index (χ0n) is 16.5. The molecule has 156 valence electrons. The van der Waals surface area contributed by atoms with Gasteiger partial charge in [-0.3, -0.25) is 19.3 Å². The van der Waals surface area contributed by atoms with Gasteiger partial charge < -0.3 is 18.9 Å². The van der Waals surface area contributed by atoms with Crippen LogP contribution in [0.3, 0.4) is 0 Å². The molecule has 0 heterocycles. The van der Waals surface area contributed by atoms with Gasteiger partial charge in [0.2, 0.25) is 0 Å². The molecule has 0 bridgehead atoms. The average Bonchev–Trinajstić information content (AvgIpc) is 2.64. The van der Waals surface area contributed by atoms with Crippen molar-refractivity contribution < 1.29 is 38.1 Å². The Balaban J connectivity index is 4.31. The van der Waals surface area contributed by atoms with Crippen LogP contribution in [0.1, 0.15) is 46.0 Å². The standard InChI is InChI=1S/C18H31NO8/c1-4-6-15(20)25-12-10-19(11-13-26-16(21)7-5-2)9-8-17(22)27-14-18(23)24-3/h4-14H2,1-3H3. The van der Waals surface area contributed by atoms with E-state index in [0.29, 0.717) is 45.3 Å². The second kappa shape index (κ2) is 16.0. The topological polar surface area (TPSA) is 108 Å². The number of rotatable bonds is 15. The van der Waals surface area contributed by atoms with Crippen molar-refractivity contribution in [3.05, 3.63) is 0 Å². The van der Waals surface area contributed by atoms with Gasteiger partial charge in [0.1, 0.15) is 13.2 Å². The predicted molar refractivity (Wildman–Crippen MR) is 95.8 cm³/mol. The normalized spacial score (nSPS) is 10.4. The maximum Gasteiger partial charge on any atom is 0.344 e. The van der Waals surface area contributed by atoms with Crippen LogP contribution in [0.25, 0.3) is 0 Å². The molecule has 0 unspecified atom stereocenters. The summed E-state index contributed by atoms with van der Waals surface area (Å²) in [6.07, 6.45) is 2.18. The summed E-state index contributed by atoms with van der Waals surface area (Å²) in [4.78, 5) is 47.3. The number of carbonyl (C=O) groups is 4. The van der Waals surface area contributed by atoms with E-state index >= 15 is 0 Å². The fraction of sp³-hybridized carbons (Fsp3) is 0.778. The van der Waals surface area contributed by atoms with Crippen LogP contribution in [0.4, 0.5) is 0 Å². The van der Waals surface area contributed by atoms with Gasteiger partial charge in [0, 0.05) is 32.5 Å². The highest BCUT2D eigenvalue weighted by atomic mass is 16.6. The molecule has 9 heteroatoms. The molecule has 0 aliphatic heterocycles. The molecule has 9 nitrogen and oxygen atoms in total. The molecule has 0 spiro atoms. The molecule has 0 aromatic carbocycles. The second-order valence-corrected chi connectivity index (χ2v) is 5.77. The van der Waals surface area contributed by atoms with Crippen LogP contribution in [0.15, 0.2) is 0 Å². The predicted octanol–water partition coefficient (Wildman–Crippen LogP) is 1.08. The van der Waals surface area contributed by atoms with E-state index in [0.717, 1.165) is 0 Å². The Labute approximate surface area is 160 Å². The quantitative estimate of drug-likeness (QED) is 0.300. The summed E-state index contributed by atoms with van der Waals surface area (Å²) in [6, 6.07) is 0. The Bertz CT molecular complexity index is 442. The largest absolute Gasteiger partial charge is 0.466 e. The smallest absolute Gasteiger partial charge is 0.344 e. The Morgan fingerprint density at radius 2 is 1.15 bits per heavy atom. The number of esters is 4. The highest BCUT2D eigenvalue weighted by Gasteiger charge is 2.13. The minimum absolute atomic E-state index is 0.0445. The van der Waals surface area contributed by atoms with E-state index < -0.39 is 18.5 Å². The van der Waals surface area contributed by atoms with Gasteiger partial charge in [0.15, 0.2) is 6.61 Å². The fourth-order valence-corrected chi connectivity index (χ4v) is 1.99. The number of hydrogen-bond donors (Lipinski definition) is 0. The van der Waals surface area contributed by atoms with Crippen molar-refractivity contribution in [1.82, 2.24) is 4.90 Å². The highest BCUT2D eigenvalue weighted by Crippen LogP contribution is 1.99. The lowest BCUT2D eigenvalue weighted by atomic mass is 10.3. The fourth-order valence-electron chi connectivity index (χ4n) is 1.99. The lowest BCUT2D eigenvalue weighted by Crippen LogP contribution is -2.34. The minimum atomic E-state index is -0.633. The van der Waals surface area contributed by atoms with E-state index in [1.807, 2.05) is 18.7 Å². The second-order valence-electron chi connectivity index (χ2n) is 5.77. The lowest BCUT2D eigenvalue weighted by Gasteiger charge is -2.21. The van der Waals surface area contributed by atoms with Gasteiger partial charge in [-0.2, -0.15) is 0 Å². The molecule has 0 aliphatic carbocycles. The number of carbonyl (C=O) groups excluding carboxylic acids is 4. The Kier molecular flexibility index (Phi) is 14.8. The molecule has 0 aromatic rings. The summed E-state index contributed by atoms with van der Waals surface area (Å²) < 4.78 is 19.4. The van der Waals surface area contributed by atoms with E-state index in [9.17, 15) is 19.2 Å². The third-order valence-corrected chi connectivity index (χ3v) is 3.46. The van der Waals surface area contributed by atoms with Gasteiger partial charge in [0.25, 0.3) is 0 Å². The van der Waals surface area contributed by atoms with Crippen molar-refractivity contribution in [2.24, 2.45) is 0 Å². The van der Waals surface area contributed by atoms with Crippen molar-refractivity contribution in [3.8, 4) is 0 Å². The molecule has 0 saturated carbocycles. The third-order valence-electron chi connectivity index (χ3n) is 3.46. The zero-order chi connectivity index (χ0) is 20.5. The van der Waals surface area contributed by atoms with Crippen molar-refractivity contribution in [2.45, 2.75) is 46.0 Å². The van der Waals surface area contributed by atoms with E-state index in [1.54, 1.807) is 0 Å². The van der Waals surface area contributed by atoms with Crippen LogP contribution in [0.5, 0.6) is 0 Å². The van der Waals surface area contributed by atoms with Crippen molar-refractivity contribution in [2.75, 3.05) is 46.6 Å². The molecule has 0 N–H and O–H groups in total. The monoisotopic (exact) mass is 389 g/mol. The zero-order valence-corrected chi connectivity index (χ0v) is 16.5. The van der Waals surface area contributed by atoms with Gasteiger partial charge in [-0.25, -0.2) is 4.79 Å². The lowest BCUT2D eigenvalue weighted by molar-refractivity contribution is -0.157. The first kappa shape index (κ1) is 24.8. The van der Waals surface area contributed by atoms with Crippen molar-refractivity contribution in [3.63, 3.8) is 0 Å². The first-order valence-electron chi connectivity index (χ1n) is 9.18. The third kappa shape index (κ3) is 14.7. The maximum atomic E-state index is 11.7. The van der Waals surface area contributed by atoms with Crippen LogP contribution in [-0.2, 0) is 38.1 Å². The first-order valence-corrected chi connectivity index (χ1v) is 9.18. The molecule has 0 atom stereocenters. The molecule has 0 rings (SSSR count). The van der Waals surface area contributed by atoms with Crippen molar-refractivity contribution in [1.29, 1.82) is 0 Å². The van der Waals surface area contributed by atoms with Crippen LogP contribution < -0.4 is 0 Å². The van der Waals surface area contributed by atoms with E-state index in [4.69, 9.17) is 14.2 Å². The Morgan fingerprint density at radius 1 is 0.667 bits per heavy atom.